The molecule has 2 rings (SSSR count). The van der Waals surface area contributed by atoms with Crippen LogP contribution in [0.4, 0.5) is 13.2 Å². The summed E-state index contributed by atoms with van der Waals surface area (Å²) in [5.74, 6) is 0.170. The number of halogens is 3. The molecule has 0 unspecified atom stereocenters. The highest BCUT2D eigenvalue weighted by Crippen LogP contribution is 2.30. The van der Waals surface area contributed by atoms with Crippen molar-refractivity contribution >= 4 is 0 Å². The fourth-order valence-electron chi connectivity index (χ4n) is 2.22. The quantitative estimate of drug-likeness (QED) is 0.861. The number of piperidine rings is 1. The van der Waals surface area contributed by atoms with Crippen molar-refractivity contribution in [2.45, 2.75) is 19.0 Å². The smallest absolute Gasteiger partial charge is 0.433 e. The van der Waals surface area contributed by atoms with E-state index in [0.29, 0.717) is 12.5 Å². The van der Waals surface area contributed by atoms with E-state index in [2.05, 4.69) is 9.88 Å². The van der Waals surface area contributed by atoms with E-state index in [1.807, 2.05) is 7.05 Å². The van der Waals surface area contributed by atoms with Gasteiger partial charge >= 0.3 is 6.18 Å². The summed E-state index contributed by atoms with van der Waals surface area (Å²) in [7, 11) is 2.03. The molecule has 2 heterocycles. The van der Waals surface area contributed by atoms with Crippen LogP contribution in [0.1, 0.15) is 24.1 Å². The van der Waals surface area contributed by atoms with Gasteiger partial charge in [0, 0.05) is 6.07 Å². The molecule has 21 heavy (non-hydrogen) atoms. The maximum Gasteiger partial charge on any atom is 0.433 e. The highest BCUT2D eigenvalue weighted by atomic mass is 19.4. The second-order valence-electron chi connectivity index (χ2n) is 5.25. The minimum atomic E-state index is -4.58. The van der Waals surface area contributed by atoms with E-state index in [1.165, 1.54) is 6.07 Å². The third-order valence-electron chi connectivity index (χ3n) is 3.53. The largest absolute Gasteiger partial charge is 0.477 e. The second kappa shape index (κ2) is 6.31. The predicted molar refractivity (Wildman–Crippen MR) is 69.7 cm³/mol. The van der Waals surface area contributed by atoms with Crippen LogP contribution in [-0.2, 0) is 6.18 Å². The highest BCUT2D eigenvalue weighted by Gasteiger charge is 2.33. The van der Waals surface area contributed by atoms with E-state index in [0.717, 1.165) is 32.0 Å². The number of aromatic nitrogens is 1. The molecule has 0 spiro atoms. The lowest BCUT2D eigenvalue weighted by Crippen LogP contribution is -2.32. The van der Waals surface area contributed by atoms with Gasteiger partial charge in [-0.1, -0.05) is 0 Å². The Morgan fingerprint density at radius 3 is 2.62 bits per heavy atom. The van der Waals surface area contributed by atoms with Crippen molar-refractivity contribution in [1.29, 1.82) is 5.26 Å². The SMILES string of the molecule is CN1CCC(COc2cc(C#N)cc(C(F)(F)F)n2)CC1. The summed E-state index contributed by atoms with van der Waals surface area (Å²) >= 11 is 0. The van der Waals surface area contributed by atoms with Crippen LogP contribution < -0.4 is 4.74 Å². The summed E-state index contributed by atoms with van der Waals surface area (Å²) in [6, 6.07) is 3.66. The first-order valence-corrected chi connectivity index (χ1v) is 6.69. The standard InChI is InChI=1S/C14H16F3N3O/c1-20-4-2-10(3-5-20)9-21-13-7-11(8-18)6-12(19-13)14(15,16)17/h6-7,10H,2-5,9H2,1H3. The van der Waals surface area contributed by atoms with Crippen molar-refractivity contribution < 1.29 is 17.9 Å². The molecule has 4 nitrogen and oxygen atoms in total. The van der Waals surface area contributed by atoms with Gasteiger partial charge in [-0.3, -0.25) is 0 Å². The molecule has 0 atom stereocenters. The Kier molecular flexibility index (Phi) is 4.68. The van der Waals surface area contributed by atoms with E-state index in [4.69, 9.17) is 10.00 Å². The Balaban J connectivity index is 2.04. The number of nitriles is 1. The minimum absolute atomic E-state index is 0.101. The molecule has 114 valence electrons. The first kappa shape index (κ1) is 15.6. The Morgan fingerprint density at radius 1 is 1.38 bits per heavy atom. The Hall–Kier alpha value is -1.81. The molecule has 0 bridgehead atoms. The number of hydrogen-bond acceptors (Lipinski definition) is 4. The monoisotopic (exact) mass is 299 g/mol. The Labute approximate surface area is 121 Å². The lowest BCUT2D eigenvalue weighted by atomic mass is 9.98. The first-order valence-electron chi connectivity index (χ1n) is 6.69. The Morgan fingerprint density at radius 2 is 2.05 bits per heavy atom. The minimum Gasteiger partial charge on any atom is -0.477 e. The lowest BCUT2D eigenvalue weighted by Gasteiger charge is -2.28. The van der Waals surface area contributed by atoms with Gasteiger partial charge in [-0.25, -0.2) is 4.98 Å². The average molecular weight is 299 g/mol. The van der Waals surface area contributed by atoms with Gasteiger partial charge in [0.05, 0.1) is 18.2 Å². The zero-order chi connectivity index (χ0) is 15.5. The van der Waals surface area contributed by atoms with Gasteiger partial charge in [0.1, 0.15) is 5.69 Å². The predicted octanol–water partition coefficient (Wildman–Crippen LogP) is 2.69. The van der Waals surface area contributed by atoms with Crippen LogP contribution in [0.2, 0.25) is 0 Å². The van der Waals surface area contributed by atoms with Gasteiger partial charge in [-0.05, 0) is 45.0 Å². The van der Waals surface area contributed by atoms with Crippen molar-refractivity contribution in [3.05, 3.63) is 23.4 Å². The van der Waals surface area contributed by atoms with Crippen LogP contribution in [0.25, 0.3) is 0 Å². The van der Waals surface area contributed by atoms with Crippen molar-refractivity contribution in [2.75, 3.05) is 26.7 Å². The van der Waals surface area contributed by atoms with Crippen LogP contribution in [0.5, 0.6) is 5.88 Å². The van der Waals surface area contributed by atoms with Crippen molar-refractivity contribution in [1.82, 2.24) is 9.88 Å². The summed E-state index contributed by atoms with van der Waals surface area (Å²) in [6.45, 7) is 2.23. The number of nitrogens with zero attached hydrogens (tertiary/aromatic N) is 3. The van der Waals surface area contributed by atoms with Crippen LogP contribution in [0, 0.1) is 17.2 Å². The van der Waals surface area contributed by atoms with Gasteiger partial charge in [-0.15, -0.1) is 0 Å². The molecule has 0 radical (unpaired) electrons. The van der Waals surface area contributed by atoms with E-state index < -0.39 is 11.9 Å². The molecule has 1 aliphatic heterocycles. The molecular weight excluding hydrogens is 283 g/mol. The number of ether oxygens (including phenoxy) is 1. The number of rotatable bonds is 3. The lowest BCUT2D eigenvalue weighted by molar-refractivity contribution is -0.141. The van der Waals surface area contributed by atoms with Gasteiger partial charge in [0.2, 0.25) is 5.88 Å². The summed E-state index contributed by atoms with van der Waals surface area (Å²) in [6.07, 6.45) is -2.69. The summed E-state index contributed by atoms with van der Waals surface area (Å²) < 4.78 is 43.4. The topological polar surface area (TPSA) is 49.1 Å². The molecule has 0 amide bonds. The van der Waals surface area contributed by atoms with E-state index >= 15 is 0 Å². The normalized spacial score (nSPS) is 17.5. The van der Waals surface area contributed by atoms with Gasteiger partial charge in [-0.2, -0.15) is 18.4 Å². The maximum absolute atomic E-state index is 12.7. The van der Waals surface area contributed by atoms with Gasteiger partial charge in [0.25, 0.3) is 0 Å². The molecule has 1 aromatic rings. The highest BCUT2D eigenvalue weighted by molar-refractivity contribution is 5.35. The van der Waals surface area contributed by atoms with Gasteiger partial charge in [0.15, 0.2) is 0 Å². The van der Waals surface area contributed by atoms with Crippen LogP contribution in [-0.4, -0.2) is 36.6 Å². The van der Waals surface area contributed by atoms with Crippen LogP contribution in [0.15, 0.2) is 12.1 Å². The van der Waals surface area contributed by atoms with Crippen LogP contribution in [0.3, 0.4) is 0 Å². The number of likely N-dealkylation sites (tertiary alicyclic amines) is 1. The first-order chi connectivity index (χ1) is 9.88. The number of alkyl halides is 3. The van der Waals surface area contributed by atoms with Crippen molar-refractivity contribution in [2.24, 2.45) is 5.92 Å². The number of hydrogen-bond donors (Lipinski definition) is 0. The Bertz CT molecular complexity index is 531. The average Bonchev–Trinajstić information content (AvgIpc) is 2.45. The van der Waals surface area contributed by atoms with Crippen molar-refractivity contribution in [3.63, 3.8) is 0 Å². The second-order valence-corrected chi connectivity index (χ2v) is 5.25. The zero-order valence-electron chi connectivity index (χ0n) is 11.7. The van der Waals surface area contributed by atoms with E-state index in [1.54, 1.807) is 6.07 Å². The zero-order valence-corrected chi connectivity index (χ0v) is 11.7. The molecule has 1 saturated heterocycles. The maximum atomic E-state index is 12.7. The molecule has 1 aromatic heterocycles. The fourth-order valence-corrected chi connectivity index (χ4v) is 2.22. The third-order valence-corrected chi connectivity index (χ3v) is 3.53. The third kappa shape index (κ3) is 4.33. The summed E-state index contributed by atoms with van der Waals surface area (Å²) in [5, 5.41) is 8.79. The molecule has 0 aliphatic carbocycles. The summed E-state index contributed by atoms with van der Waals surface area (Å²) in [5.41, 5.74) is -1.20. The summed E-state index contributed by atoms with van der Waals surface area (Å²) in [4.78, 5) is 5.64. The molecule has 1 fully saturated rings. The van der Waals surface area contributed by atoms with Crippen LogP contribution >= 0.6 is 0 Å². The molecule has 0 saturated carbocycles. The molecule has 7 heteroatoms. The molecule has 0 aromatic carbocycles. The molecule has 1 aliphatic rings. The van der Waals surface area contributed by atoms with E-state index in [-0.39, 0.29) is 11.4 Å². The molecular formula is C14H16F3N3O. The van der Waals surface area contributed by atoms with E-state index in [9.17, 15) is 13.2 Å². The van der Waals surface area contributed by atoms with Crippen molar-refractivity contribution in [3.8, 4) is 11.9 Å². The number of pyridine rings is 1. The van der Waals surface area contributed by atoms with Gasteiger partial charge < -0.3 is 9.64 Å². The molecule has 0 N–H and O–H groups in total. The fraction of sp³-hybridized carbons (Fsp3) is 0.571.